The van der Waals surface area contributed by atoms with Crippen molar-refractivity contribution >= 4 is 18.2 Å². The number of carbonyl (C=O) groups excluding carboxylic acids is 3. The highest BCUT2D eigenvalue weighted by Crippen LogP contribution is 2.60. The van der Waals surface area contributed by atoms with E-state index in [-0.39, 0.29) is 11.3 Å². The Kier molecular flexibility index (Phi) is 4.18. The van der Waals surface area contributed by atoms with E-state index in [1.165, 1.54) is 0 Å². The van der Waals surface area contributed by atoms with Crippen LogP contribution in [0.1, 0.15) is 19.3 Å². The van der Waals surface area contributed by atoms with Crippen molar-refractivity contribution in [3.05, 3.63) is 0 Å². The lowest BCUT2D eigenvalue weighted by Crippen LogP contribution is -2.33. The molecule has 4 unspecified atom stereocenters. The molecule has 19 heavy (non-hydrogen) atoms. The lowest BCUT2D eigenvalue weighted by atomic mass is 9.72. The predicted molar refractivity (Wildman–Crippen MR) is 65.7 cm³/mol. The van der Waals surface area contributed by atoms with Crippen LogP contribution < -0.4 is 0 Å². The Morgan fingerprint density at radius 2 is 1.63 bits per heavy atom. The Balaban J connectivity index is 2.13. The largest absolute Gasteiger partial charge is 0.234 e. The van der Waals surface area contributed by atoms with Crippen LogP contribution in [0.2, 0.25) is 0 Å². The number of rotatable bonds is 6. The molecule has 0 aromatic heterocycles. The van der Waals surface area contributed by atoms with Gasteiger partial charge in [0, 0.05) is 0 Å². The number of hydrogen-bond acceptors (Lipinski definition) is 6. The molecule has 2 fully saturated rings. The zero-order valence-corrected chi connectivity index (χ0v) is 10.5. The SMILES string of the molecule is O=C=NCC1CC2(CN=C=O)CC1CC2CN=C=O. The van der Waals surface area contributed by atoms with Crippen molar-refractivity contribution < 1.29 is 14.4 Å². The Bertz CT molecular complexity index is 487. The number of isocyanates is 3. The first kappa shape index (κ1) is 13.6. The van der Waals surface area contributed by atoms with Crippen LogP contribution in [0.3, 0.4) is 0 Å². The van der Waals surface area contributed by atoms with Crippen LogP contribution >= 0.6 is 0 Å². The monoisotopic (exact) mass is 261 g/mol. The molecule has 0 aromatic rings. The summed E-state index contributed by atoms with van der Waals surface area (Å²) >= 11 is 0. The summed E-state index contributed by atoms with van der Waals surface area (Å²) in [6.07, 6.45) is 7.50. The maximum Gasteiger partial charge on any atom is 0.234 e. The van der Waals surface area contributed by atoms with E-state index in [0.717, 1.165) is 19.3 Å². The highest BCUT2D eigenvalue weighted by Gasteiger charge is 2.55. The molecule has 0 N–H and O–H groups in total. The van der Waals surface area contributed by atoms with Gasteiger partial charge in [0.1, 0.15) is 0 Å². The highest BCUT2D eigenvalue weighted by atomic mass is 16.1. The number of hydrogen-bond donors (Lipinski definition) is 0. The quantitative estimate of drug-likeness (QED) is 0.528. The van der Waals surface area contributed by atoms with E-state index in [1.807, 2.05) is 0 Å². The van der Waals surface area contributed by atoms with Crippen LogP contribution in [-0.2, 0) is 14.4 Å². The molecular weight excluding hydrogens is 246 g/mol. The average molecular weight is 261 g/mol. The van der Waals surface area contributed by atoms with Crippen molar-refractivity contribution in [2.75, 3.05) is 19.6 Å². The predicted octanol–water partition coefficient (Wildman–Crippen LogP) is 1.03. The second-order valence-corrected chi connectivity index (χ2v) is 5.49. The molecule has 100 valence electrons. The molecule has 0 heterocycles. The molecule has 2 rings (SSSR count). The van der Waals surface area contributed by atoms with Gasteiger partial charge in [-0.15, -0.1) is 0 Å². The van der Waals surface area contributed by atoms with Crippen LogP contribution in [0.4, 0.5) is 0 Å². The first-order chi connectivity index (χ1) is 9.25. The second-order valence-electron chi connectivity index (χ2n) is 5.49. The third kappa shape index (κ3) is 2.61. The molecule has 2 aliphatic rings. The van der Waals surface area contributed by atoms with E-state index in [2.05, 4.69) is 15.0 Å². The molecule has 2 saturated carbocycles. The molecule has 0 radical (unpaired) electrons. The van der Waals surface area contributed by atoms with Crippen molar-refractivity contribution in [3.63, 3.8) is 0 Å². The molecular formula is C13H15N3O3. The summed E-state index contributed by atoms with van der Waals surface area (Å²) in [7, 11) is 0. The van der Waals surface area contributed by atoms with Crippen molar-refractivity contribution in [2.45, 2.75) is 19.3 Å². The van der Waals surface area contributed by atoms with Crippen molar-refractivity contribution in [1.29, 1.82) is 0 Å². The molecule has 6 nitrogen and oxygen atoms in total. The lowest BCUT2D eigenvalue weighted by Gasteiger charge is -2.34. The fourth-order valence-electron chi connectivity index (χ4n) is 3.92. The van der Waals surface area contributed by atoms with Crippen molar-refractivity contribution in [3.8, 4) is 0 Å². The van der Waals surface area contributed by atoms with E-state index in [9.17, 15) is 14.4 Å². The van der Waals surface area contributed by atoms with Crippen molar-refractivity contribution in [1.82, 2.24) is 0 Å². The Labute approximate surface area is 110 Å². The molecule has 0 aromatic carbocycles. The van der Waals surface area contributed by atoms with E-state index >= 15 is 0 Å². The van der Waals surface area contributed by atoms with Crippen molar-refractivity contribution in [2.24, 2.45) is 38.1 Å². The molecule has 2 bridgehead atoms. The zero-order chi connectivity index (χ0) is 13.7. The minimum atomic E-state index is -0.0918. The van der Waals surface area contributed by atoms with Gasteiger partial charge in [-0.1, -0.05) is 0 Å². The smallest absolute Gasteiger partial charge is 0.211 e. The maximum absolute atomic E-state index is 10.4. The minimum absolute atomic E-state index is 0.0918. The molecule has 0 spiro atoms. The Morgan fingerprint density at radius 3 is 2.32 bits per heavy atom. The van der Waals surface area contributed by atoms with Gasteiger partial charge in [0.2, 0.25) is 18.2 Å². The van der Waals surface area contributed by atoms with Crippen LogP contribution in [0.25, 0.3) is 0 Å². The summed E-state index contributed by atoms with van der Waals surface area (Å²) in [4.78, 5) is 41.9. The summed E-state index contributed by atoms with van der Waals surface area (Å²) < 4.78 is 0. The number of aliphatic imine (C=N–C) groups is 3. The summed E-state index contributed by atoms with van der Waals surface area (Å²) in [6.45, 7) is 1.36. The normalized spacial score (nSPS) is 35.1. The third-order valence-corrected chi connectivity index (χ3v) is 4.68. The van der Waals surface area contributed by atoms with E-state index in [1.54, 1.807) is 18.2 Å². The van der Waals surface area contributed by atoms with Gasteiger partial charge in [0.25, 0.3) is 0 Å². The molecule has 2 aliphatic carbocycles. The molecule has 4 atom stereocenters. The Morgan fingerprint density at radius 1 is 0.947 bits per heavy atom. The molecule has 0 saturated heterocycles. The average Bonchev–Trinajstić information content (AvgIpc) is 2.95. The van der Waals surface area contributed by atoms with Crippen LogP contribution in [0.15, 0.2) is 15.0 Å². The van der Waals surface area contributed by atoms with Gasteiger partial charge in [-0.3, -0.25) is 0 Å². The number of nitrogens with zero attached hydrogens (tertiary/aromatic N) is 3. The van der Waals surface area contributed by atoms with Gasteiger partial charge in [-0.05, 0) is 42.4 Å². The zero-order valence-electron chi connectivity index (χ0n) is 10.5. The summed E-state index contributed by atoms with van der Waals surface area (Å²) in [5.41, 5.74) is -0.0918. The molecule has 6 heteroatoms. The summed E-state index contributed by atoms with van der Waals surface area (Å²) in [5, 5.41) is 0. The fourth-order valence-corrected chi connectivity index (χ4v) is 3.92. The topological polar surface area (TPSA) is 88.3 Å². The van der Waals surface area contributed by atoms with Gasteiger partial charge in [-0.2, -0.15) is 0 Å². The third-order valence-electron chi connectivity index (χ3n) is 4.68. The summed E-state index contributed by atoms with van der Waals surface area (Å²) in [5.74, 6) is 1.07. The standard InChI is InChI=1S/C13H15N3O3/c17-7-14-4-11-3-13(6-16-9-19)2-10(11)1-12(13)5-15-8-18/h10-12H,1-6H2. The minimum Gasteiger partial charge on any atom is -0.211 e. The van der Waals surface area contributed by atoms with Crippen LogP contribution in [0.5, 0.6) is 0 Å². The number of fused-ring (bicyclic) bond motifs is 2. The van der Waals surface area contributed by atoms with E-state index in [4.69, 9.17) is 0 Å². The molecule has 0 amide bonds. The van der Waals surface area contributed by atoms with Gasteiger partial charge in [-0.25, -0.2) is 29.4 Å². The Hall–Kier alpha value is -1.86. The highest BCUT2D eigenvalue weighted by molar-refractivity contribution is 5.34. The van der Waals surface area contributed by atoms with Gasteiger partial charge in [0.15, 0.2) is 0 Å². The van der Waals surface area contributed by atoms with Gasteiger partial charge < -0.3 is 0 Å². The van der Waals surface area contributed by atoms with Crippen LogP contribution in [0, 0.1) is 23.2 Å². The molecule has 0 aliphatic heterocycles. The van der Waals surface area contributed by atoms with Gasteiger partial charge in [0.05, 0.1) is 19.6 Å². The van der Waals surface area contributed by atoms with Crippen LogP contribution in [-0.4, -0.2) is 37.9 Å². The van der Waals surface area contributed by atoms with E-state index in [0.29, 0.717) is 31.5 Å². The van der Waals surface area contributed by atoms with Gasteiger partial charge >= 0.3 is 0 Å². The fraction of sp³-hybridized carbons (Fsp3) is 0.769. The second kappa shape index (κ2) is 5.85. The first-order valence-electron chi connectivity index (χ1n) is 6.36. The first-order valence-corrected chi connectivity index (χ1v) is 6.36. The maximum atomic E-state index is 10.4. The lowest BCUT2D eigenvalue weighted by molar-refractivity contribution is 0.168. The van der Waals surface area contributed by atoms with E-state index < -0.39 is 0 Å². The summed E-state index contributed by atoms with van der Waals surface area (Å²) in [6, 6.07) is 0.